The van der Waals surface area contributed by atoms with E-state index in [4.69, 9.17) is 0 Å². The molecule has 0 nitrogen and oxygen atoms in total. The van der Waals surface area contributed by atoms with Crippen LogP contribution in [0.2, 0.25) is 22.8 Å². The van der Waals surface area contributed by atoms with Crippen LogP contribution in [0.1, 0.15) is 0 Å². The zero-order chi connectivity index (χ0) is 11.0. The second-order valence-electron chi connectivity index (χ2n) is 4.28. The topological polar surface area (TPSA) is 0 Å². The predicted octanol–water partition coefficient (Wildman–Crippen LogP) is 0.848. The second kappa shape index (κ2) is 4.76. The fourth-order valence-corrected chi connectivity index (χ4v) is 19.1. The number of benzene rings is 1. The molecule has 0 atom stereocenters. The van der Waals surface area contributed by atoms with Crippen LogP contribution >= 0.6 is 0 Å². The Kier molecular flexibility index (Phi) is 4.59. The molecule has 0 aliphatic carbocycles. The first-order valence-corrected chi connectivity index (χ1v) is 24.2. The monoisotopic (exact) mass is 436 g/mol. The summed E-state index contributed by atoms with van der Waals surface area (Å²) in [6.07, 6.45) is 0. The molecule has 0 saturated heterocycles. The molecule has 0 aromatic heterocycles. The molecule has 0 saturated carbocycles. The van der Waals surface area contributed by atoms with Gasteiger partial charge in [0.05, 0.1) is 0 Å². The van der Waals surface area contributed by atoms with Crippen molar-refractivity contribution in [2.24, 2.45) is 0 Å². The standard InChI is InChI=1S/C10H16As4/c1-13(2,11)9-7-5-6-8-10(9)14(3,4)12/h5-8H,1-4H3. The fraction of sp³-hybridized carbons (Fsp3) is 0.400. The molecule has 1 aromatic carbocycles. The van der Waals surface area contributed by atoms with Gasteiger partial charge in [-0.3, -0.25) is 0 Å². The van der Waals surface area contributed by atoms with Gasteiger partial charge in [0.15, 0.2) is 0 Å². The maximum absolute atomic E-state index is 2.95. The molecule has 76 valence electrons. The van der Waals surface area contributed by atoms with E-state index in [1.165, 1.54) is 0 Å². The van der Waals surface area contributed by atoms with E-state index in [9.17, 15) is 0 Å². The molecule has 6 radical (unpaired) electrons. The van der Waals surface area contributed by atoms with Crippen LogP contribution < -0.4 is 8.70 Å². The van der Waals surface area contributed by atoms with Gasteiger partial charge < -0.3 is 0 Å². The van der Waals surface area contributed by atoms with E-state index in [1.807, 2.05) is 0 Å². The Morgan fingerprint density at radius 1 is 0.786 bits per heavy atom. The van der Waals surface area contributed by atoms with E-state index in [1.54, 1.807) is 8.70 Å². The Balaban J connectivity index is 3.31. The molecular formula is C10H16As4. The summed E-state index contributed by atoms with van der Waals surface area (Å²) >= 11 is 2.79. The minimum absolute atomic E-state index is 1.56. The zero-order valence-electron chi connectivity index (χ0n) is 9.10. The quantitative estimate of drug-likeness (QED) is 0.604. The van der Waals surface area contributed by atoms with Crippen LogP contribution in [0.4, 0.5) is 0 Å². The Morgan fingerprint density at radius 3 is 1.29 bits per heavy atom. The molecule has 0 N–H and O–H groups in total. The number of hydrogen-bond acceptors (Lipinski definition) is 0. The molecule has 0 amide bonds. The Morgan fingerprint density at radius 2 is 1.07 bits per heavy atom. The summed E-state index contributed by atoms with van der Waals surface area (Å²) in [5, 5.41) is 0. The summed E-state index contributed by atoms with van der Waals surface area (Å²) in [6, 6.07) is 9.07. The third kappa shape index (κ3) is 3.49. The Bertz CT molecular complexity index is 287. The maximum atomic E-state index is 2.95. The van der Waals surface area contributed by atoms with Gasteiger partial charge in [0.1, 0.15) is 0 Å². The van der Waals surface area contributed by atoms with Crippen LogP contribution in [-0.2, 0) is 0 Å². The Hall–Kier alpha value is 1.45. The van der Waals surface area contributed by atoms with E-state index < -0.39 is 23.0 Å². The third-order valence-electron chi connectivity index (χ3n) is 2.06. The Labute approximate surface area is 107 Å². The van der Waals surface area contributed by atoms with Crippen LogP contribution in [0, 0.1) is 0 Å². The number of rotatable bonds is 2. The molecule has 1 rings (SSSR count). The van der Waals surface area contributed by atoms with Crippen molar-refractivity contribution in [3.05, 3.63) is 24.3 Å². The van der Waals surface area contributed by atoms with Gasteiger partial charge in [-0.05, 0) is 0 Å². The summed E-state index contributed by atoms with van der Waals surface area (Å²) in [7, 11) is 0. The van der Waals surface area contributed by atoms with Crippen molar-refractivity contribution in [1.29, 1.82) is 0 Å². The van der Waals surface area contributed by atoms with E-state index in [0.29, 0.717) is 0 Å². The second-order valence-corrected chi connectivity index (χ2v) is 39.8. The van der Waals surface area contributed by atoms with Crippen molar-refractivity contribution >= 4 is 61.2 Å². The van der Waals surface area contributed by atoms with Gasteiger partial charge in [-0.25, -0.2) is 0 Å². The molecule has 0 spiro atoms. The molecule has 4 heteroatoms. The van der Waals surface area contributed by atoms with E-state index >= 15 is 0 Å². The summed E-state index contributed by atoms with van der Waals surface area (Å²) in [5.41, 5.74) is 9.76. The van der Waals surface area contributed by atoms with Crippen molar-refractivity contribution in [3.8, 4) is 0 Å². The summed E-state index contributed by atoms with van der Waals surface area (Å²) in [5.74, 6) is 0. The van der Waals surface area contributed by atoms with Crippen molar-refractivity contribution in [3.63, 3.8) is 0 Å². The first-order chi connectivity index (χ1) is 6.23. The molecule has 0 heterocycles. The van der Waals surface area contributed by atoms with Gasteiger partial charge in [0, 0.05) is 0 Å². The predicted molar refractivity (Wildman–Crippen MR) is 72.2 cm³/mol. The van der Waals surface area contributed by atoms with E-state index in [2.05, 4.69) is 76.7 Å². The summed E-state index contributed by atoms with van der Waals surface area (Å²) < 4.78 is 3.34. The van der Waals surface area contributed by atoms with Crippen molar-refractivity contribution < 1.29 is 0 Å². The van der Waals surface area contributed by atoms with Gasteiger partial charge in [0.2, 0.25) is 0 Å². The minimum atomic E-state index is -1.56. The van der Waals surface area contributed by atoms with Crippen LogP contribution in [0.3, 0.4) is 0 Å². The van der Waals surface area contributed by atoms with Gasteiger partial charge in [-0.15, -0.1) is 0 Å². The van der Waals surface area contributed by atoms with Gasteiger partial charge >= 0.3 is 108 Å². The van der Waals surface area contributed by atoms with Crippen molar-refractivity contribution in [1.82, 2.24) is 0 Å². The van der Waals surface area contributed by atoms with E-state index in [0.717, 1.165) is 0 Å². The molecule has 1 aromatic rings. The van der Waals surface area contributed by atoms with Gasteiger partial charge in [0.25, 0.3) is 0 Å². The molecular weight excluding hydrogens is 420 g/mol. The molecule has 0 fully saturated rings. The molecule has 0 bridgehead atoms. The van der Waals surface area contributed by atoms with E-state index in [-0.39, 0.29) is 0 Å². The van der Waals surface area contributed by atoms with Gasteiger partial charge in [-0.2, -0.15) is 0 Å². The van der Waals surface area contributed by atoms with Crippen LogP contribution in [0.5, 0.6) is 0 Å². The first-order valence-electron chi connectivity index (χ1n) is 4.46. The molecule has 0 unspecified atom stereocenters. The first kappa shape index (κ1) is 13.5. The fourth-order valence-electron chi connectivity index (χ4n) is 1.39. The molecule has 0 aliphatic heterocycles. The van der Waals surface area contributed by atoms with Crippen molar-refractivity contribution in [2.75, 3.05) is 0 Å². The normalized spacial score (nSPS) is 13.0. The molecule has 0 aliphatic rings. The third-order valence-corrected chi connectivity index (χ3v) is 14.2. The van der Waals surface area contributed by atoms with Crippen LogP contribution in [-0.4, -0.2) is 52.5 Å². The zero-order valence-corrected chi connectivity index (χ0v) is 16.6. The van der Waals surface area contributed by atoms with Crippen LogP contribution in [0.15, 0.2) is 24.3 Å². The number of hydrogen-bond donors (Lipinski definition) is 0. The summed E-state index contributed by atoms with van der Waals surface area (Å²) in [4.78, 5) is 0. The van der Waals surface area contributed by atoms with Gasteiger partial charge in [-0.1, -0.05) is 0 Å². The SMILES string of the molecule is C[As](C)([As])c1ccccc1[As](C)(C)[As]. The van der Waals surface area contributed by atoms with Crippen molar-refractivity contribution in [2.45, 2.75) is 22.8 Å². The molecule has 14 heavy (non-hydrogen) atoms. The average molecular weight is 436 g/mol. The van der Waals surface area contributed by atoms with Crippen LogP contribution in [0.25, 0.3) is 0 Å². The summed E-state index contributed by atoms with van der Waals surface area (Å²) in [6.45, 7) is 0. The average Bonchev–Trinajstić information content (AvgIpc) is 2.01.